The van der Waals surface area contributed by atoms with Crippen LogP contribution in [-0.4, -0.2) is 9.97 Å². The van der Waals surface area contributed by atoms with Gasteiger partial charge in [0.2, 0.25) is 0 Å². The van der Waals surface area contributed by atoms with E-state index in [0.717, 1.165) is 26.9 Å². The lowest BCUT2D eigenvalue weighted by atomic mass is 10.1. The van der Waals surface area contributed by atoms with E-state index in [1.807, 2.05) is 19.1 Å². The molecule has 0 amide bonds. The summed E-state index contributed by atoms with van der Waals surface area (Å²) in [6, 6.07) is 8.17. The Kier molecular flexibility index (Phi) is 4.12. The highest BCUT2D eigenvalue weighted by atomic mass is 79.9. The Labute approximate surface area is 122 Å². The Hall–Kier alpha value is -0.520. The van der Waals surface area contributed by atoms with Crippen molar-refractivity contribution in [1.82, 2.24) is 9.97 Å². The van der Waals surface area contributed by atoms with E-state index in [2.05, 4.69) is 54.0 Å². The molecule has 0 bridgehead atoms. The molecule has 0 spiro atoms. The van der Waals surface area contributed by atoms with E-state index in [-0.39, 0.29) is 0 Å². The van der Waals surface area contributed by atoms with Crippen LogP contribution in [0.25, 0.3) is 0 Å². The van der Waals surface area contributed by atoms with Gasteiger partial charge in [0.05, 0.1) is 4.47 Å². The van der Waals surface area contributed by atoms with Gasteiger partial charge in [-0.25, -0.2) is 4.98 Å². The van der Waals surface area contributed by atoms with Crippen molar-refractivity contribution in [3.05, 3.63) is 54.9 Å². The van der Waals surface area contributed by atoms with Crippen LogP contribution in [0, 0.1) is 11.6 Å². The van der Waals surface area contributed by atoms with Gasteiger partial charge in [-0.1, -0.05) is 40.3 Å². The molecule has 0 atom stereocenters. The average molecular weight is 374 g/mol. The van der Waals surface area contributed by atoms with Crippen LogP contribution in [-0.2, 0) is 6.42 Å². The highest BCUT2D eigenvalue weighted by Gasteiger charge is 2.03. The van der Waals surface area contributed by atoms with Gasteiger partial charge in [-0.3, -0.25) is 0 Å². The van der Waals surface area contributed by atoms with Crippen LogP contribution < -0.4 is 0 Å². The van der Waals surface area contributed by atoms with Gasteiger partial charge in [0.1, 0.15) is 10.5 Å². The molecule has 2 aromatic rings. The summed E-state index contributed by atoms with van der Waals surface area (Å²) in [4.78, 5) is 7.60. The third-order valence-corrected chi connectivity index (χ3v) is 4.37. The molecule has 0 aliphatic carbocycles. The van der Waals surface area contributed by atoms with Gasteiger partial charge in [-0.2, -0.15) is 0 Å². The lowest BCUT2D eigenvalue weighted by Crippen LogP contribution is -2.00. The summed E-state index contributed by atoms with van der Waals surface area (Å²) in [7, 11) is 0. The lowest BCUT2D eigenvalue weighted by molar-refractivity contribution is 0.925. The number of aromatic nitrogens is 2. The fraction of sp³-hybridized carbons (Fsp3) is 0.167. The number of H-pyrrole nitrogens is 1. The largest absolute Gasteiger partial charge is 0.346 e. The Morgan fingerprint density at radius 2 is 2.12 bits per heavy atom. The summed E-state index contributed by atoms with van der Waals surface area (Å²) < 4.78 is 2.54. The number of hydrogen-bond acceptors (Lipinski definition) is 2. The molecule has 0 fully saturated rings. The molecule has 88 valence electrons. The van der Waals surface area contributed by atoms with Gasteiger partial charge in [-0.15, -0.1) is 0 Å². The first-order valence-corrected chi connectivity index (χ1v) is 7.05. The fourth-order valence-electron chi connectivity index (χ4n) is 1.56. The minimum Gasteiger partial charge on any atom is -0.346 e. The van der Waals surface area contributed by atoms with Gasteiger partial charge >= 0.3 is 0 Å². The molecule has 1 aromatic carbocycles. The van der Waals surface area contributed by atoms with E-state index >= 15 is 0 Å². The zero-order chi connectivity index (χ0) is 12.4. The average Bonchev–Trinajstić information content (AvgIpc) is 2.26. The first kappa shape index (κ1) is 12.9. The summed E-state index contributed by atoms with van der Waals surface area (Å²) in [6.07, 6.45) is 0.747. The predicted octanol–water partition coefficient (Wildman–Crippen LogP) is 4.56. The van der Waals surface area contributed by atoms with E-state index in [4.69, 9.17) is 12.2 Å². The number of hydrogen-bond donors (Lipinski definition) is 1. The molecule has 0 saturated heterocycles. The van der Waals surface area contributed by atoms with Crippen LogP contribution in [0.3, 0.4) is 0 Å². The van der Waals surface area contributed by atoms with Gasteiger partial charge in [0.25, 0.3) is 0 Å². The molecule has 0 saturated carbocycles. The number of aromatic amines is 1. The number of benzene rings is 1. The van der Waals surface area contributed by atoms with Crippen molar-refractivity contribution < 1.29 is 0 Å². The Morgan fingerprint density at radius 1 is 1.35 bits per heavy atom. The SMILES string of the molecule is Cc1[nH]c(Cc2cccc(Br)c2)nc(=S)c1Br. The van der Waals surface area contributed by atoms with E-state index in [1.165, 1.54) is 5.56 Å². The van der Waals surface area contributed by atoms with Gasteiger partial charge in [0, 0.05) is 16.6 Å². The Morgan fingerprint density at radius 3 is 2.76 bits per heavy atom. The van der Waals surface area contributed by atoms with Crippen LogP contribution in [0.15, 0.2) is 33.2 Å². The minimum atomic E-state index is 0.603. The first-order valence-electron chi connectivity index (χ1n) is 5.06. The van der Waals surface area contributed by atoms with Crippen molar-refractivity contribution in [2.45, 2.75) is 13.3 Å². The second kappa shape index (κ2) is 5.42. The monoisotopic (exact) mass is 372 g/mol. The second-order valence-electron chi connectivity index (χ2n) is 3.73. The summed E-state index contributed by atoms with van der Waals surface area (Å²) in [5.74, 6) is 0.883. The normalized spacial score (nSPS) is 10.5. The van der Waals surface area contributed by atoms with Crippen molar-refractivity contribution >= 4 is 44.1 Å². The van der Waals surface area contributed by atoms with Crippen molar-refractivity contribution in [1.29, 1.82) is 0 Å². The summed E-state index contributed by atoms with van der Waals surface area (Å²) in [5.41, 5.74) is 2.20. The number of nitrogens with zero attached hydrogens (tertiary/aromatic N) is 1. The van der Waals surface area contributed by atoms with E-state index in [1.54, 1.807) is 0 Å². The minimum absolute atomic E-state index is 0.603. The van der Waals surface area contributed by atoms with Crippen LogP contribution >= 0.6 is 44.1 Å². The smallest absolute Gasteiger partial charge is 0.144 e. The zero-order valence-corrected chi connectivity index (χ0v) is 13.1. The molecule has 1 heterocycles. The maximum atomic E-state index is 5.18. The lowest BCUT2D eigenvalue weighted by Gasteiger charge is -2.05. The van der Waals surface area contributed by atoms with Crippen molar-refractivity contribution in [2.24, 2.45) is 0 Å². The fourth-order valence-corrected chi connectivity index (χ4v) is 2.45. The highest BCUT2D eigenvalue weighted by Crippen LogP contribution is 2.17. The topological polar surface area (TPSA) is 28.7 Å². The molecule has 0 aliphatic rings. The maximum Gasteiger partial charge on any atom is 0.144 e. The molecular formula is C12H10Br2N2S. The predicted molar refractivity (Wildman–Crippen MR) is 78.8 cm³/mol. The van der Waals surface area contributed by atoms with Gasteiger partial charge < -0.3 is 4.98 Å². The molecule has 0 aliphatic heterocycles. The third-order valence-electron chi connectivity index (χ3n) is 2.35. The van der Waals surface area contributed by atoms with Crippen LogP contribution in [0.5, 0.6) is 0 Å². The van der Waals surface area contributed by atoms with Crippen molar-refractivity contribution in [3.8, 4) is 0 Å². The van der Waals surface area contributed by atoms with E-state index in [0.29, 0.717) is 4.64 Å². The van der Waals surface area contributed by atoms with Crippen LogP contribution in [0.4, 0.5) is 0 Å². The van der Waals surface area contributed by atoms with E-state index in [9.17, 15) is 0 Å². The number of halogens is 2. The maximum absolute atomic E-state index is 5.18. The number of aryl methyl sites for hydroxylation is 1. The van der Waals surface area contributed by atoms with Crippen LogP contribution in [0.1, 0.15) is 17.1 Å². The van der Waals surface area contributed by atoms with Crippen molar-refractivity contribution in [3.63, 3.8) is 0 Å². The first-order chi connectivity index (χ1) is 8.06. The molecule has 0 radical (unpaired) electrons. The third kappa shape index (κ3) is 3.24. The van der Waals surface area contributed by atoms with E-state index < -0.39 is 0 Å². The zero-order valence-electron chi connectivity index (χ0n) is 9.13. The molecule has 1 aromatic heterocycles. The Bertz CT molecular complexity index is 608. The summed E-state index contributed by atoms with van der Waals surface area (Å²) in [6.45, 7) is 1.98. The van der Waals surface area contributed by atoms with Gasteiger partial charge in [0.15, 0.2) is 0 Å². The highest BCUT2D eigenvalue weighted by molar-refractivity contribution is 9.10. The molecule has 2 rings (SSSR count). The number of rotatable bonds is 2. The molecule has 5 heteroatoms. The molecule has 2 nitrogen and oxygen atoms in total. The summed E-state index contributed by atoms with van der Waals surface area (Å²) >= 11 is 12.0. The van der Waals surface area contributed by atoms with Crippen LogP contribution in [0.2, 0.25) is 0 Å². The second-order valence-corrected chi connectivity index (χ2v) is 5.83. The Balaban J connectivity index is 2.34. The summed E-state index contributed by atoms with van der Waals surface area (Å²) in [5, 5.41) is 0. The molecule has 0 unspecified atom stereocenters. The quantitative estimate of drug-likeness (QED) is 0.781. The number of nitrogens with one attached hydrogen (secondary N) is 1. The standard InChI is InChI=1S/C12H10Br2N2S/c1-7-11(14)12(17)16-10(15-7)6-8-3-2-4-9(13)5-8/h2-5H,6H2,1H3,(H,15,16,17). The van der Waals surface area contributed by atoms with Crippen molar-refractivity contribution in [2.75, 3.05) is 0 Å². The van der Waals surface area contributed by atoms with Gasteiger partial charge in [-0.05, 0) is 40.5 Å². The molecular weight excluding hydrogens is 364 g/mol. The molecule has 17 heavy (non-hydrogen) atoms. The molecule has 1 N–H and O–H groups in total.